The van der Waals surface area contributed by atoms with E-state index < -0.39 is 11.2 Å². The van der Waals surface area contributed by atoms with Gasteiger partial charge in [-0.1, -0.05) is 0 Å². The van der Waals surface area contributed by atoms with Crippen LogP contribution in [-0.2, 0) is 0 Å². The van der Waals surface area contributed by atoms with Gasteiger partial charge >= 0.3 is 5.69 Å². The Balaban J connectivity index is 1.57. The lowest BCUT2D eigenvalue weighted by molar-refractivity contribution is 0.174. The van der Waals surface area contributed by atoms with Gasteiger partial charge < -0.3 is 19.3 Å². The molecule has 0 atom stereocenters. The minimum Gasteiger partial charge on any atom is -0.454 e. The summed E-state index contributed by atoms with van der Waals surface area (Å²) in [5.74, 6) is 1.59. The van der Waals surface area contributed by atoms with Crippen molar-refractivity contribution in [3.63, 3.8) is 0 Å². The number of aromatic amines is 1. The number of nitrogens with one attached hydrogen (secondary N) is 1. The quantitative estimate of drug-likeness (QED) is 0.661. The van der Waals surface area contributed by atoms with E-state index in [9.17, 15) is 9.59 Å². The van der Waals surface area contributed by atoms with Gasteiger partial charge in [0, 0.05) is 31.9 Å². The summed E-state index contributed by atoms with van der Waals surface area (Å²) < 4.78 is 11.7. The van der Waals surface area contributed by atoms with Gasteiger partial charge in [-0.25, -0.2) is 14.3 Å². The van der Waals surface area contributed by atoms with Crippen LogP contribution in [0.15, 0.2) is 34.0 Å². The molecule has 0 bridgehead atoms. The predicted octanol–water partition coefficient (Wildman–Crippen LogP) is 0.340. The van der Waals surface area contributed by atoms with Crippen LogP contribution < -0.4 is 25.6 Å². The second-order valence-electron chi connectivity index (χ2n) is 7.18. The summed E-state index contributed by atoms with van der Waals surface area (Å²) in [6, 6.07) is 4.91. The number of likely N-dealkylation sites (N-methyl/N-ethyl adjacent to an activating group) is 1. The van der Waals surface area contributed by atoms with Crippen molar-refractivity contribution in [2.45, 2.75) is 6.42 Å². The van der Waals surface area contributed by atoms with Gasteiger partial charge in [0.2, 0.25) is 12.7 Å². The SMILES string of the molecule is CN1CCCN(c2ncc3c(=O)n(-c4ccc5c(c4)OCO5)c(=O)[nH]c3n2)CC1. The predicted molar refractivity (Wildman–Crippen MR) is 106 cm³/mol. The van der Waals surface area contributed by atoms with Crippen LogP contribution in [0.5, 0.6) is 11.5 Å². The maximum absolute atomic E-state index is 13.0. The first kappa shape index (κ1) is 17.7. The zero-order chi connectivity index (χ0) is 20.0. The molecule has 0 unspecified atom stereocenters. The Labute approximate surface area is 165 Å². The van der Waals surface area contributed by atoms with E-state index in [-0.39, 0.29) is 17.8 Å². The normalized spacial score (nSPS) is 16.9. The van der Waals surface area contributed by atoms with Gasteiger partial charge in [0.05, 0.1) is 5.69 Å². The third kappa shape index (κ3) is 3.11. The number of hydrogen-bond donors (Lipinski definition) is 1. The molecule has 0 amide bonds. The van der Waals surface area contributed by atoms with Crippen molar-refractivity contribution in [3.05, 3.63) is 45.2 Å². The van der Waals surface area contributed by atoms with Crippen molar-refractivity contribution in [1.82, 2.24) is 24.4 Å². The zero-order valence-corrected chi connectivity index (χ0v) is 15.9. The van der Waals surface area contributed by atoms with E-state index in [0.29, 0.717) is 23.1 Å². The number of H-pyrrole nitrogens is 1. The van der Waals surface area contributed by atoms with Crippen LogP contribution in [0, 0.1) is 0 Å². The highest BCUT2D eigenvalue weighted by Crippen LogP contribution is 2.33. The maximum Gasteiger partial charge on any atom is 0.334 e. The molecule has 150 valence electrons. The van der Waals surface area contributed by atoms with Crippen molar-refractivity contribution in [1.29, 1.82) is 0 Å². The molecule has 0 spiro atoms. The molecule has 4 heterocycles. The van der Waals surface area contributed by atoms with Crippen molar-refractivity contribution < 1.29 is 9.47 Å². The molecule has 10 nitrogen and oxygen atoms in total. The van der Waals surface area contributed by atoms with E-state index in [1.165, 1.54) is 6.20 Å². The minimum absolute atomic E-state index is 0.116. The number of benzene rings is 1. The summed E-state index contributed by atoms with van der Waals surface area (Å²) in [7, 11) is 2.08. The lowest BCUT2D eigenvalue weighted by Gasteiger charge is -2.20. The molecule has 0 saturated carbocycles. The Kier molecular flexibility index (Phi) is 4.20. The number of rotatable bonds is 2. The number of fused-ring (bicyclic) bond motifs is 2. The average Bonchev–Trinajstić information content (AvgIpc) is 3.07. The molecule has 2 aliphatic rings. The molecular weight excluding hydrogens is 376 g/mol. The van der Waals surface area contributed by atoms with E-state index >= 15 is 0 Å². The van der Waals surface area contributed by atoms with Crippen LogP contribution in [0.2, 0.25) is 0 Å². The van der Waals surface area contributed by atoms with Gasteiger partial charge in [-0.2, -0.15) is 4.98 Å². The van der Waals surface area contributed by atoms with E-state index in [1.54, 1.807) is 18.2 Å². The molecule has 5 rings (SSSR count). The van der Waals surface area contributed by atoms with Gasteiger partial charge in [0.15, 0.2) is 17.1 Å². The number of anilines is 1. The van der Waals surface area contributed by atoms with Gasteiger partial charge in [0.1, 0.15) is 5.39 Å². The molecule has 3 aromatic rings. The highest BCUT2D eigenvalue weighted by Gasteiger charge is 2.19. The standard InChI is InChI=1S/C19H20N6O4/c1-23-5-2-6-24(8-7-23)18-20-10-13-16(21-18)22-19(27)25(17(13)26)12-3-4-14-15(9-12)29-11-28-14/h3-4,9-10H,2,5-8,11H2,1H3,(H,20,21,22,27). The average molecular weight is 396 g/mol. The Bertz CT molecular complexity index is 1200. The smallest absolute Gasteiger partial charge is 0.334 e. The van der Waals surface area contributed by atoms with Crippen LogP contribution in [0.3, 0.4) is 0 Å². The highest BCUT2D eigenvalue weighted by molar-refractivity contribution is 5.74. The lowest BCUT2D eigenvalue weighted by Crippen LogP contribution is -2.35. The Hall–Kier alpha value is -3.40. The molecule has 0 radical (unpaired) electrons. The molecular formula is C19H20N6O4. The zero-order valence-electron chi connectivity index (χ0n) is 15.9. The van der Waals surface area contributed by atoms with Crippen molar-refractivity contribution in [2.24, 2.45) is 0 Å². The third-order valence-corrected chi connectivity index (χ3v) is 5.25. The molecule has 0 aliphatic carbocycles. The van der Waals surface area contributed by atoms with E-state index in [1.807, 2.05) is 0 Å². The molecule has 10 heteroatoms. The lowest BCUT2D eigenvalue weighted by atomic mass is 10.2. The van der Waals surface area contributed by atoms with Crippen LogP contribution in [0.25, 0.3) is 16.7 Å². The first-order valence-corrected chi connectivity index (χ1v) is 9.46. The summed E-state index contributed by atoms with van der Waals surface area (Å²) in [6.07, 6.45) is 2.48. The van der Waals surface area contributed by atoms with Crippen LogP contribution in [-0.4, -0.2) is 64.4 Å². The Morgan fingerprint density at radius 3 is 2.83 bits per heavy atom. The second kappa shape index (κ2) is 6.89. The summed E-state index contributed by atoms with van der Waals surface area (Å²) in [5.41, 5.74) is -0.423. The third-order valence-electron chi connectivity index (χ3n) is 5.25. The number of nitrogens with zero attached hydrogens (tertiary/aromatic N) is 5. The Morgan fingerprint density at radius 2 is 1.93 bits per heavy atom. The number of aromatic nitrogens is 4. The monoisotopic (exact) mass is 396 g/mol. The van der Waals surface area contributed by atoms with Crippen LogP contribution in [0.1, 0.15) is 6.42 Å². The van der Waals surface area contributed by atoms with Gasteiger partial charge in [-0.05, 0) is 32.1 Å². The summed E-state index contributed by atoms with van der Waals surface area (Å²) >= 11 is 0. The summed E-state index contributed by atoms with van der Waals surface area (Å²) in [6.45, 7) is 3.66. The highest BCUT2D eigenvalue weighted by atomic mass is 16.7. The first-order chi connectivity index (χ1) is 14.1. The molecule has 1 N–H and O–H groups in total. The molecule has 29 heavy (non-hydrogen) atoms. The maximum atomic E-state index is 13.0. The second-order valence-corrected chi connectivity index (χ2v) is 7.18. The van der Waals surface area contributed by atoms with Gasteiger partial charge in [-0.3, -0.25) is 9.78 Å². The summed E-state index contributed by atoms with van der Waals surface area (Å²) in [5, 5.41) is 0.248. The van der Waals surface area contributed by atoms with Crippen molar-refractivity contribution in [2.75, 3.05) is 44.9 Å². The van der Waals surface area contributed by atoms with Gasteiger partial charge in [0.25, 0.3) is 5.56 Å². The molecule has 1 saturated heterocycles. The fraction of sp³-hybridized carbons (Fsp3) is 0.368. The fourth-order valence-electron chi connectivity index (χ4n) is 3.65. The van der Waals surface area contributed by atoms with Crippen molar-refractivity contribution in [3.8, 4) is 17.2 Å². The van der Waals surface area contributed by atoms with E-state index in [2.05, 4.69) is 31.8 Å². The number of hydrogen-bond acceptors (Lipinski definition) is 8. The molecule has 2 aliphatic heterocycles. The van der Waals surface area contributed by atoms with E-state index in [4.69, 9.17) is 9.47 Å². The van der Waals surface area contributed by atoms with Crippen LogP contribution >= 0.6 is 0 Å². The largest absolute Gasteiger partial charge is 0.454 e. The molecule has 1 fully saturated rings. The number of ether oxygens (including phenoxy) is 2. The molecule has 2 aromatic heterocycles. The van der Waals surface area contributed by atoms with Crippen molar-refractivity contribution >= 4 is 17.0 Å². The van der Waals surface area contributed by atoms with E-state index in [0.717, 1.165) is 37.2 Å². The first-order valence-electron chi connectivity index (χ1n) is 9.46. The fourth-order valence-corrected chi connectivity index (χ4v) is 3.65. The minimum atomic E-state index is -0.568. The van der Waals surface area contributed by atoms with Crippen LogP contribution in [0.4, 0.5) is 5.95 Å². The topological polar surface area (TPSA) is 106 Å². The van der Waals surface area contributed by atoms with Gasteiger partial charge in [-0.15, -0.1) is 0 Å². The molecule has 1 aromatic carbocycles. The Morgan fingerprint density at radius 1 is 1.07 bits per heavy atom. The summed E-state index contributed by atoms with van der Waals surface area (Å²) in [4.78, 5) is 41.6.